The van der Waals surface area contributed by atoms with Crippen LogP contribution >= 0.6 is 0 Å². The van der Waals surface area contributed by atoms with Crippen molar-refractivity contribution < 1.29 is 9.15 Å². The second kappa shape index (κ2) is 5.16. The molecule has 0 aliphatic rings. The van der Waals surface area contributed by atoms with Gasteiger partial charge >= 0.3 is 0 Å². The lowest BCUT2D eigenvalue weighted by Gasteiger charge is -2.14. The Bertz CT molecular complexity index is 744. The number of nitrogens with two attached hydrogens (primary N) is 1. The number of ether oxygens (including phenoxy) is 1. The normalized spacial score (nSPS) is 13.0. The van der Waals surface area contributed by atoms with E-state index < -0.39 is 0 Å². The van der Waals surface area contributed by atoms with Gasteiger partial charge in [0.15, 0.2) is 0 Å². The van der Waals surface area contributed by atoms with Crippen LogP contribution in [0.3, 0.4) is 0 Å². The number of nitrogens with zero attached hydrogens (tertiary/aromatic N) is 2. The van der Waals surface area contributed by atoms with E-state index in [1.165, 1.54) is 0 Å². The SMILES string of the molecule is CC(C)Oc1cccc2c1nc(N)n2C(C)c1ccco1. The van der Waals surface area contributed by atoms with E-state index in [-0.39, 0.29) is 12.1 Å². The molecule has 110 valence electrons. The first-order valence-electron chi connectivity index (χ1n) is 7.04. The molecule has 0 amide bonds. The van der Waals surface area contributed by atoms with Crippen molar-refractivity contribution in [3.8, 4) is 5.75 Å². The van der Waals surface area contributed by atoms with Crippen LogP contribution in [-0.4, -0.2) is 15.7 Å². The highest BCUT2D eigenvalue weighted by molar-refractivity contribution is 5.84. The first-order valence-corrected chi connectivity index (χ1v) is 7.04. The largest absolute Gasteiger partial charge is 0.489 e. The van der Waals surface area contributed by atoms with E-state index in [4.69, 9.17) is 14.9 Å². The second-order valence-corrected chi connectivity index (χ2v) is 5.32. The molecule has 2 heterocycles. The number of anilines is 1. The number of imidazole rings is 1. The zero-order chi connectivity index (χ0) is 15.0. The number of rotatable bonds is 4. The molecule has 3 rings (SSSR count). The summed E-state index contributed by atoms with van der Waals surface area (Å²) in [5.41, 5.74) is 7.83. The van der Waals surface area contributed by atoms with Gasteiger partial charge in [0.2, 0.25) is 5.95 Å². The molecule has 1 unspecified atom stereocenters. The molecule has 0 aliphatic heterocycles. The summed E-state index contributed by atoms with van der Waals surface area (Å²) in [6, 6.07) is 9.63. The fraction of sp³-hybridized carbons (Fsp3) is 0.312. The number of hydrogen-bond donors (Lipinski definition) is 1. The van der Waals surface area contributed by atoms with Crippen molar-refractivity contribution in [3.05, 3.63) is 42.4 Å². The van der Waals surface area contributed by atoms with Gasteiger partial charge < -0.3 is 14.9 Å². The maximum absolute atomic E-state index is 6.11. The van der Waals surface area contributed by atoms with Crippen molar-refractivity contribution in [1.29, 1.82) is 0 Å². The van der Waals surface area contributed by atoms with Gasteiger partial charge in [-0.1, -0.05) is 6.07 Å². The van der Waals surface area contributed by atoms with Gasteiger partial charge in [0.1, 0.15) is 17.0 Å². The third-order valence-electron chi connectivity index (χ3n) is 3.42. The minimum Gasteiger partial charge on any atom is -0.489 e. The monoisotopic (exact) mass is 285 g/mol. The number of furan rings is 1. The van der Waals surface area contributed by atoms with Crippen molar-refractivity contribution in [3.63, 3.8) is 0 Å². The lowest BCUT2D eigenvalue weighted by Crippen LogP contribution is -2.09. The Balaban J connectivity index is 2.14. The van der Waals surface area contributed by atoms with Crippen LogP contribution in [0.15, 0.2) is 41.0 Å². The van der Waals surface area contributed by atoms with Crippen molar-refractivity contribution >= 4 is 17.0 Å². The quantitative estimate of drug-likeness (QED) is 0.795. The van der Waals surface area contributed by atoms with Crippen LogP contribution in [0.2, 0.25) is 0 Å². The Morgan fingerprint density at radius 2 is 2.00 bits per heavy atom. The zero-order valence-electron chi connectivity index (χ0n) is 12.4. The van der Waals surface area contributed by atoms with E-state index in [0.29, 0.717) is 5.95 Å². The maximum Gasteiger partial charge on any atom is 0.202 e. The van der Waals surface area contributed by atoms with Gasteiger partial charge in [0.25, 0.3) is 0 Å². The third kappa shape index (κ3) is 2.35. The molecular weight excluding hydrogens is 266 g/mol. The topological polar surface area (TPSA) is 66.2 Å². The first-order chi connectivity index (χ1) is 10.1. The van der Waals surface area contributed by atoms with Crippen LogP contribution in [-0.2, 0) is 0 Å². The van der Waals surface area contributed by atoms with Gasteiger partial charge in [0.05, 0.1) is 23.9 Å². The Hall–Kier alpha value is -2.43. The Morgan fingerprint density at radius 1 is 1.19 bits per heavy atom. The van der Waals surface area contributed by atoms with Crippen LogP contribution < -0.4 is 10.5 Å². The Morgan fingerprint density at radius 3 is 2.67 bits per heavy atom. The van der Waals surface area contributed by atoms with Crippen molar-refractivity contribution in [2.24, 2.45) is 0 Å². The van der Waals surface area contributed by atoms with Crippen LogP contribution in [0, 0.1) is 0 Å². The molecule has 0 spiro atoms. The molecule has 0 radical (unpaired) electrons. The van der Waals surface area contributed by atoms with Gasteiger partial charge in [-0.2, -0.15) is 0 Å². The Labute approximate surface area is 123 Å². The molecule has 0 bridgehead atoms. The van der Waals surface area contributed by atoms with Gasteiger partial charge in [0, 0.05) is 0 Å². The number of nitrogen functional groups attached to an aromatic ring is 1. The number of benzene rings is 1. The van der Waals surface area contributed by atoms with Crippen molar-refractivity contribution in [2.45, 2.75) is 32.9 Å². The van der Waals surface area contributed by atoms with E-state index in [0.717, 1.165) is 22.5 Å². The van der Waals surface area contributed by atoms with Crippen molar-refractivity contribution in [1.82, 2.24) is 9.55 Å². The van der Waals surface area contributed by atoms with E-state index in [2.05, 4.69) is 4.98 Å². The fourth-order valence-corrected chi connectivity index (χ4v) is 2.52. The summed E-state index contributed by atoms with van der Waals surface area (Å²) in [7, 11) is 0. The van der Waals surface area contributed by atoms with Crippen LogP contribution in [0.1, 0.15) is 32.6 Å². The highest BCUT2D eigenvalue weighted by Gasteiger charge is 2.19. The van der Waals surface area contributed by atoms with Crippen LogP contribution in [0.5, 0.6) is 5.75 Å². The lowest BCUT2D eigenvalue weighted by molar-refractivity contribution is 0.245. The number of aromatic nitrogens is 2. The molecule has 5 nitrogen and oxygen atoms in total. The molecule has 0 saturated carbocycles. The minimum atomic E-state index is -0.0284. The average Bonchev–Trinajstić information content (AvgIpc) is 3.05. The minimum absolute atomic E-state index is 0.0284. The molecular formula is C16H19N3O2. The predicted octanol–water partition coefficient (Wildman–Crippen LogP) is 3.61. The summed E-state index contributed by atoms with van der Waals surface area (Å²) < 4.78 is 13.3. The smallest absolute Gasteiger partial charge is 0.202 e. The molecule has 1 atom stereocenters. The molecule has 3 aromatic rings. The highest BCUT2D eigenvalue weighted by Crippen LogP contribution is 2.32. The van der Waals surface area contributed by atoms with Crippen LogP contribution in [0.4, 0.5) is 5.95 Å². The maximum atomic E-state index is 6.11. The summed E-state index contributed by atoms with van der Waals surface area (Å²) in [6.45, 7) is 6.02. The fourth-order valence-electron chi connectivity index (χ4n) is 2.52. The van der Waals surface area contributed by atoms with Gasteiger partial charge in [-0.25, -0.2) is 4.98 Å². The van der Waals surface area contributed by atoms with E-state index in [1.54, 1.807) is 6.26 Å². The van der Waals surface area contributed by atoms with Gasteiger partial charge in [-0.05, 0) is 45.0 Å². The summed E-state index contributed by atoms with van der Waals surface area (Å²) in [6.07, 6.45) is 1.75. The van der Waals surface area contributed by atoms with Crippen LogP contribution in [0.25, 0.3) is 11.0 Å². The van der Waals surface area contributed by atoms with Gasteiger partial charge in [-0.3, -0.25) is 4.57 Å². The Kier molecular flexibility index (Phi) is 3.33. The number of para-hydroxylation sites is 1. The molecule has 2 N–H and O–H groups in total. The average molecular weight is 285 g/mol. The van der Waals surface area contributed by atoms with Crippen molar-refractivity contribution in [2.75, 3.05) is 5.73 Å². The highest BCUT2D eigenvalue weighted by atomic mass is 16.5. The van der Waals surface area contributed by atoms with E-state index >= 15 is 0 Å². The molecule has 21 heavy (non-hydrogen) atoms. The lowest BCUT2D eigenvalue weighted by atomic mass is 10.2. The van der Waals surface area contributed by atoms with Gasteiger partial charge in [-0.15, -0.1) is 0 Å². The molecule has 0 aliphatic carbocycles. The first kappa shape index (κ1) is 13.5. The summed E-state index contributed by atoms with van der Waals surface area (Å²) in [4.78, 5) is 4.47. The standard InChI is InChI=1S/C16H19N3O2/c1-10(2)21-14-7-4-6-12-15(14)18-16(17)19(12)11(3)13-8-5-9-20-13/h4-11H,1-3H3,(H2,17,18). The summed E-state index contributed by atoms with van der Waals surface area (Å²) in [5, 5.41) is 0. The predicted molar refractivity (Wildman–Crippen MR) is 82.4 cm³/mol. The zero-order valence-corrected chi connectivity index (χ0v) is 12.4. The summed E-state index contributed by atoms with van der Waals surface area (Å²) in [5.74, 6) is 2.05. The number of hydrogen-bond acceptors (Lipinski definition) is 4. The third-order valence-corrected chi connectivity index (χ3v) is 3.42. The molecule has 0 fully saturated rings. The summed E-state index contributed by atoms with van der Waals surface area (Å²) >= 11 is 0. The van der Waals surface area contributed by atoms with E-state index in [1.807, 2.05) is 55.7 Å². The molecule has 2 aromatic heterocycles. The molecule has 0 saturated heterocycles. The molecule has 5 heteroatoms. The number of fused-ring (bicyclic) bond motifs is 1. The van der Waals surface area contributed by atoms with E-state index in [9.17, 15) is 0 Å². The molecule has 1 aromatic carbocycles. The second-order valence-electron chi connectivity index (χ2n) is 5.32.